The Morgan fingerprint density at radius 3 is 1.13 bits per heavy atom. The SMILES string of the molecule is CC(C)c1cc(C(C)C)c([P]=[Rh])c(C(C)C)c1.CP(C)C.C[C]1C(C)=C(C)C(C)=C1C. The van der Waals surface area contributed by atoms with Gasteiger partial charge in [-0.25, -0.2) is 0 Å². The van der Waals surface area contributed by atoms with Crippen LogP contribution in [-0.2, 0) is 17.3 Å². The zero-order valence-corrected chi connectivity index (χ0v) is 26.0. The summed E-state index contributed by atoms with van der Waals surface area (Å²) < 4.78 is 0. The molecule has 1 aliphatic rings. The molecule has 0 amide bonds. The molecular formula is C28H47P2Rh. The maximum atomic E-state index is 3.06. The first-order chi connectivity index (χ1) is 14.2. The van der Waals surface area contributed by atoms with Crippen molar-refractivity contribution in [2.45, 2.75) is 93.9 Å². The molecule has 2 rings (SSSR count). The van der Waals surface area contributed by atoms with Gasteiger partial charge in [0.15, 0.2) is 0 Å². The molecule has 1 aromatic rings. The van der Waals surface area contributed by atoms with Crippen molar-refractivity contribution in [3.63, 3.8) is 0 Å². The molecule has 1 aliphatic carbocycles. The molecule has 0 nitrogen and oxygen atoms in total. The van der Waals surface area contributed by atoms with Crippen LogP contribution < -0.4 is 5.30 Å². The molecule has 0 aromatic heterocycles. The van der Waals surface area contributed by atoms with Crippen molar-refractivity contribution in [1.82, 2.24) is 0 Å². The van der Waals surface area contributed by atoms with Crippen molar-refractivity contribution in [3.05, 3.63) is 57.0 Å². The van der Waals surface area contributed by atoms with E-state index in [0.717, 1.165) is 0 Å². The van der Waals surface area contributed by atoms with Gasteiger partial charge in [0.25, 0.3) is 0 Å². The minimum atomic E-state index is 0.380. The molecule has 0 spiro atoms. The summed E-state index contributed by atoms with van der Waals surface area (Å²) in [6.07, 6.45) is 0. The van der Waals surface area contributed by atoms with Gasteiger partial charge in [-0.2, -0.15) is 0 Å². The Labute approximate surface area is 207 Å². The van der Waals surface area contributed by atoms with Crippen LogP contribution in [0.5, 0.6) is 0 Å². The Kier molecular flexibility index (Phi) is 14.4. The zero-order chi connectivity index (χ0) is 24.6. The molecule has 1 radical (unpaired) electrons. The van der Waals surface area contributed by atoms with Crippen molar-refractivity contribution < 1.29 is 17.3 Å². The van der Waals surface area contributed by atoms with Crippen LogP contribution in [0.4, 0.5) is 0 Å². The average Bonchev–Trinajstić information content (AvgIpc) is 2.84. The Morgan fingerprint density at radius 1 is 0.645 bits per heavy atom. The first-order valence-corrected chi connectivity index (χ1v) is 17.1. The quantitative estimate of drug-likeness (QED) is 0.260. The van der Waals surface area contributed by atoms with Gasteiger partial charge < -0.3 is 0 Å². The van der Waals surface area contributed by atoms with E-state index in [4.69, 9.17) is 0 Å². The van der Waals surface area contributed by atoms with Crippen LogP contribution in [0.3, 0.4) is 0 Å². The van der Waals surface area contributed by atoms with Gasteiger partial charge in [0.05, 0.1) is 0 Å². The van der Waals surface area contributed by atoms with Crippen molar-refractivity contribution in [3.8, 4) is 0 Å². The summed E-state index contributed by atoms with van der Waals surface area (Å²) in [7, 11) is 0.380. The molecule has 0 N–H and O–H groups in total. The maximum absolute atomic E-state index is 3.06. The summed E-state index contributed by atoms with van der Waals surface area (Å²) in [5.41, 5.74) is 10.4. The second-order valence-corrected chi connectivity index (χ2v) is 14.4. The molecule has 0 fully saturated rings. The Morgan fingerprint density at radius 2 is 0.968 bits per heavy atom. The fourth-order valence-corrected chi connectivity index (χ4v) is 5.50. The molecule has 0 unspecified atom stereocenters. The van der Waals surface area contributed by atoms with Crippen LogP contribution in [-0.4, -0.2) is 20.0 Å². The van der Waals surface area contributed by atoms with Crippen LogP contribution in [0.2, 0.25) is 0 Å². The summed E-state index contributed by atoms with van der Waals surface area (Å²) in [6, 6.07) is 4.81. The first kappa shape index (κ1) is 31.1. The number of hydrogen-bond acceptors (Lipinski definition) is 0. The van der Waals surface area contributed by atoms with E-state index in [0.29, 0.717) is 25.7 Å². The van der Waals surface area contributed by atoms with Gasteiger partial charge in [-0.05, 0) is 58.8 Å². The van der Waals surface area contributed by atoms with E-state index in [2.05, 4.69) is 126 Å². The van der Waals surface area contributed by atoms with Crippen LogP contribution >= 0.6 is 14.4 Å². The topological polar surface area (TPSA) is 0 Å². The fraction of sp³-hybridized carbons (Fsp3) is 0.607. The van der Waals surface area contributed by atoms with Crippen LogP contribution in [0.25, 0.3) is 0 Å². The summed E-state index contributed by atoms with van der Waals surface area (Å²) in [6.45, 7) is 32.7. The number of allylic oxidation sites excluding steroid dienone is 4. The number of rotatable bonds is 4. The molecule has 1 aromatic carbocycles. The average molecular weight is 549 g/mol. The first-order valence-electron chi connectivity index (χ1n) is 11.4. The van der Waals surface area contributed by atoms with Gasteiger partial charge in [-0.1, -0.05) is 18.1 Å². The van der Waals surface area contributed by atoms with E-state index in [1.165, 1.54) is 56.7 Å². The summed E-state index contributed by atoms with van der Waals surface area (Å²) in [5, 5.41) is 1.51. The second kappa shape index (κ2) is 14.3. The number of benzene rings is 1. The van der Waals surface area contributed by atoms with Gasteiger partial charge in [0, 0.05) is 5.92 Å². The van der Waals surface area contributed by atoms with Crippen molar-refractivity contribution >= 4 is 19.7 Å². The van der Waals surface area contributed by atoms with E-state index in [1.807, 2.05) is 0 Å². The molecule has 3 heteroatoms. The number of hydrogen-bond donors (Lipinski definition) is 0. The minimum absolute atomic E-state index is 0.380. The van der Waals surface area contributed by atoms with Crippen molar-refractivity contribution in [2.24, 2.45) is 0 Å². The predicted octanol–water partition coefficient (Wildman–Crippen LogP) is 9.71. The third-order valence-electron chi connectivity index (χ3n) is 5.99. The third-order valence-corrected chi connectivity index (χ3v) is 7.75. The van der Waals surface area contributed by atoms with Crippen LogP contribution in [0.15, 0.2) is 34.4 Å². The fourth-order valence-electron chi connectivity index (χ4n) is 3.41. The summed E-state index contributed by atoms with van der Waals surface area (Å²) in [4.78, 5) is 0. The molecule has 0 aliphatic heterocycles. The summed E-state index contributed by atoms with van der Waals surface area (Å²) >= 11 is 3.06. The molecule has 0 saturated carbocycles. The van der Waals surface area contributed by atoms with Crippen LogP contribution in [0.1, 0.15) is 111 Å². The molecule has 0 saturated heterocycles. The molecule has 31 heavy (non-hydrogen) atoms. The second-order valence-electron chi connectivity index (χ2n) is 10.1. The van der Waals surface area contributed by atoms with Gasteiger partial charge in [0.2, 0.25) is 0 Å². The molecular weight excluding hydrogens is 501 g/mol. The predicted molar refractivity (Wildman–Crippen MR) is 146 cm³/mol. The summed E-state index contributed by atoms with van der Waals surface area (Å²) in [5.74, 6) is 3.28. The molecule has 0 heterocycles. The van der Waals surface area contributed by atoms with Gasteiger partial charge in [-0.3, -0.25) is 0 Å². The van der Waals surface area contributed by atoms with Gasteiger partial charge in [-0.15, -0.1) is 7.92 Å². The van der Waals surface area contributed by atoms with E-state index in [9.17, 15) is 0 Å². The Bertz CT molecular complexity index is 739. The molecule has 178 valence electrons. The van der Waals surface area contributed by atoms with Crippen LogP contribution in [0, 0.1) is 5.92 Å². The molecule has 0 bridgehead atoms. The normalized spacial score (nSPS) is 14.7. The van der Waals surface area contributed by atoms with Gasteiger partial charge in [0.1, 0.15) is 0 Å². The van der Waals surface area contributed by atoms with E-state index < -0.39 is 0 Å². The minimum Gasteiger partial charge on any atom is -0.116 e. The van der Waals surface area contributed by atoms with Crippen molar-refractivity contribution in [2.75, 3.05) is 20.0 Å². The van der Waals surface area contributed by atoms with E-state index in [1.54, 1.807) is 0 Å². The Balaban J connectivity index is 0.000000540. The smallest absolute Gasteiger partial charge is 0.0226 e. The monoisotopic (exact) mass is 548 g/mol. The standard InChI is InChI=1S/C15H23P.C10H15.C3H9P.Rh/c1-9(2)12-7-13(10(3)4)15(16)14(8-12)11(5)6;1-6-7(2)9(4)10(5)8(6)3;1-4(2)3;/h7-11H,1-6H3;1-5H3;1-3H3;. The Hall–Kier alpha value is 0.0534. The van der Waals surface area contributed by atoms with E-state index in [-0.39, 0.29) is 0 Å². The third kappa shape index (κ3) is 9.44. The van der Waals surface area contributed by atoms with Gasteiger partial charge >= 0.3 is 117 Å². The maximum Gasteiger partial charge on any atom is 0.0226 e. The zero-order valence-electron chi connectivity index (χ0n) is 22.6. The molecule has 0 atom stereocenters. The van der Waals surface area contributed by atoms with E-state index >= 15 is 0 Å². The largest absolute Gasteiger partial charge is 0.116 e. The van der Waals surface area contributed by atoms with Crippen molar-refractivity contribution in [1.29, 1.82) is 0 Å².